The van der Waals surface area contributed by atoms with E-state index in [2.05, 4.69) is 9.98 Å². The number of carbonyl (C=O) groups is 1. The first-order chi connectivity index (χ1) is 9.70. The van der Waals surface area contributed by atoms with Crippen molar-refractivity contribution in [2.75, 3.05) is 12.3 Å². The quantitative estimate of drug-likeness (QED) is 0.525. The van der Waals surface area contributed by atoms with Crippen molar-refractivity contribution >= 4 is 23.6 Å². The number of aromatic nitrogens is 1. The number of anilines is 1. The topological polar surface area (TPSA) is 77.6 Å². The minimum absolute atomic E-state index is 0.332. The third-order valence-electron chi connectivity index (χ3n) is 2.56. The maximum atomic E-state index is 11.6. The SMILES string of the molecule is CCOC(=O)c1ccc(N=Cc2ccccn2)c(N)c1. The van der Waals surface area contributed by atoms with Crippen LogP contribution in [0.15, 0.2) is 47.6 Å². The highest BCUT2D eigenvalue weighted by Gasteiger charge is 2.08. The predicted octanol–water partition coefficient (Wildman–Crippen LogP) is 2.59. The smallest absolute Gasteiger partial charge is 0.338 e. The lowest BCUT2D eigenvalue weighted by atomic mass is 10.2. The number of hydrogen-bond donors (Lipinski definition) is 1. The second-order valence-corrected chi connectivity index (χ2v) is 4.01. The number of esters is 1. The van der Waals surface area contributed by atoms with Crippen molar-refractivity contribution < 1.29 is 9.53 Å². The summed E-state index contributed by atoms with van der Waals surface area (Å²) >= 11 is 0. The second kappa shape index (κ2) is 6.47. The zero-order chi connectivity index (χ0) is 14.4. The van der Waals surface area contributed by atoms with Crippen LogP contribution in [0.3, 0.4) is 0 Å². The summed E-state index contributed by atoms with van der Waals surface area (Å²) in [5.41, 5.74) is 8.04. The summed E-state index contributed by atoms with van der Waals surface area (Å²) in [4.78, 5) is 19.9. The zero-order valence-electron chi connectivity index (χ0n) is 11.1. The van der Waals surface area contributed by atoms with Crippen molar-refractivity contribution in [2.45, 2.75) is 6.92 Å². The number of rotatable bonds is 4. The molecule has 2 rings (SSSR count). The molecule has 0 spiro atoms. The van der Waals surface area contributed by atoms with Gasteiger partial charge in [0, 0.05) is 6.20 Å². The van der Waals surface area contributed by atoms with Crippen LogP contribution in [0, 0.1) is 0 Å². The summed E-state index contributed by atoms with van der Waals surface area (Å²) in [5.74, 6) is -0.389. The first kappa shape index (κ1) is 13.7. The van der Waals surface area contributed by atoms with Gasteiger partial charge in [-0.3, -0.25) is 9.98 Å². The van der Waals surface area contributed by atoms with Crippen LogP contribution >= 0.6 is 0 Å². The zero-order valence-corrected chi connectivity index (χ0v) is 11.1. The number of ether oxygens (including phenoxy) is 1. The number of pyridine rings is 1. The Morgan fingerprint density at radius 1 is 1.40 bits per heavy atom. The van der Waals surface area contributed by atoms with E-state index in [4.69, 9.17) is 10.5 Å². The van der Waals surface area contributed by atoms with Gasteiger partial charge in [-0.05, 0) is 37.3 Å². The highest BCUT2D eigenvalue weighted by atomic mass is 16.5. The summed E-state index contributed by atoms with van der Waals surface area (Å²) in [7, 11) is 0. The molecule has 2 aromatic rings. The van der Waals surface area contributed by atoms with E-state index >= 15 is 0 Å². The van der Waals surface area contributed by atoms with Crippen LogP contribution in [-0.4, -0.2) is 23.8 Å². The Kier molecular flexibility index (Phi) is 4.44. The first-order valence-electron chi connectivity index (χ1n) is 6.22. The number of aliphatic imine (C=N–C) groups is 1. The average molecular weight is 269 g/mol. The molecule has 2 N–H and O–H groups in total. The lowest BCUT2D eigenvalue weighted by Gasteiger charge is -2.04. The highest BCUT2D eigenvalue weighted by molar-refractivity contribution is 5.92. The van der Waals surface area contributed by atoms with Gasteiger partial charge in [0.15, 0.2) is 0 Å². The van der Waals surface area contributed by atoms with Crippen LogP contribution in [0.4, 0.5) is 11.4 Å². The molecule has 1 heterocycles. The number of benzene rings is 1. The Balaban J connectivity index is 2.18. The molecule has 1 aromatic carbocycles. The molecule has 0 unspecified atom stereocenters. The lowest BCUT2D eigenvalue weighted by Crippen LogP contribution is -2.05. The van der Waals surface area contributed by atoms with E-state index in [1.165, 1.54) is 0 Å². The Morgan fingerprint density at radius 3 is 2.90 bits per heavy atom. The van der Waals surface area contributed by atoms with Crippen molar-refractivity contribution in [3.63, 3.8) is 0 Å². The van der Waals surface area contributed by atoms with E-state index in [1.807, 2.05) is 18.2 Å². The van der Waals surface area contributed by atoms with Gasteiger partial charge in [-0.15, -0.1) is 0 Å². The predicted molar refractivity (Wildman–Crippen MR) is 78.3 cm³/mol. The molecule has 5 nitrogen and oxygen atoms in total. The van der Waals surface area contributed by atoms with E-state index in [0.717, 1.165) is 5.69 Å². The van der Waals surface area contributed by atoms with E-state index < -0.39 is 0 Å². The number of nitrogens with zero attached hydrogens (tertiary/aromatic N) is 2. The summed E-state index contributed by atoms with van der Waals surface area (Å²) in [6.07, 6.45) is 3.31. The molecule has 0 aliphatic carbocycles. The molecule has 0 saturated heterocycles. The molecule has 1 aromatic heterocycles. The minimum Gasteiger partial charge on any atom is -0.462 e. The lowest BCUT2D eigenvalue weighted by molar-refractivity contribution is 0.0526. The van der Waals surface area contributed by atoms with Crippen molar-refractivity contribution in [1.29, 1.82) is 0 Å². The maximum Gasteiger partial charge on any atom is 0.338 e. The molecule has 5 heteroatoms. The largest absolute Gasteiger partial charge is 0.462 e. The monoisotopic (exact) mass is 269 g/mol. The molecule has 0 aliphatic rings. The van der Waals surface area contributed by atoms with Crippen molar-refractivity contribution in [3.05, 3.63) is 53.9 Å². The van der Waals surface area contributed by atoms with Crippen LogP contribution < -0.4 is 5.73 Å². The van der Waals surface area contributed by atoms with E-state index in [9.17, 15) is 4.79 Å². The van der Waals surface area contributed by atoms with Gasteiger partial charge < -0.3 is 10.5 Å². The standard InChI is InChI=1S/C15H15N3O2/c1-2-20-15(19)11-6-7-14(13(16)9-11)18-10-12-5-3-4-8-17-12/h3-10H,2,16H2,1H3. The molecule has 0 bridgehead atoms. The first-order valence-corrected chi connectivity index (χ1v) is 6.22. The van der Waals surface area contributed by atoms with Gasteiger partial charge in [-0.1, -0.05) is 6.07 Å². The molecule has 0 atom stereocenters. The molecule has 0 amide bonds. The number of nitrogen functional groups attached to an aromatic ring is 1. The van der Waals surface area contributed by atoms with Gasteiger partial charge in [0.2, 0.25) is 0 Å². The van der Waals surface area contributed by atoms with Crippen LogP contribution in [0.25, 0.3) is 0 Å². The minimum atomic E-state index is -0.389. The van der Waals surface area contributed by atoms with Crippen molar-refractivity contribution in [3.8, 4) is 0 Å². The van der Waals surface area contributed by atoms with Crippen molar-refractivity contribution in [1.82, 2.24) is 4.98 Å². The molecule has 102 valence electrons. The van der Waals surface area contributed by atoms with Crippen molar-refractivity contribution in [2.24, 2.45) is 4.99 Å². The molecule has 0 saturated carbocycles. The summed E-state index contributed by atoms with van der Waals surface area (Å²) in [5, 5.41) is 0. The fraction of sp³-hybridized carbons (Fsp3) is 0.133. The fourth-order valence-corrected chi connectivity index (χ4v) is 1.60. The third-order valence-corrected chi connectivity index (χ3v) is 2.56. The van der Waals surface area contributed by atoms with Crippen LogP contribution in [0.1, 0.15) is 23.0 Å². The Hall–Kier alpha value is -2.69. The summed E-state index contributed by atoms with van der Waals surface area (Å²) < 4.78 is 4.91. The third kappa shape index (κ3) is 3.41. The van der Waals surface area contributed by atoms with E-state index in [0.29, 0.717) is 23.5 Å². The number of nitrogens with two attached hydrogens (primary N) is 1. The normalized spacial score (nSPS) is 10.7. The molecule has 0 radical (unpaired) electrons. The molecule has 0 fully saturated rings. The highest BCUT2D eigenvalue weighted by Crippen LogP contribution is 2.23. The van der Waals surface area contributed by atoms with Gasteiger partial charge >= 0.3 is 5.97 Å². The second-order valence-electron chi connectivity index (χ2n) is 4.01. The van der Waals surface area contributed by atoms with Gasteiger partial charge in [-0.2, -0.15) is 0 Å². The van der Waals surface area contributed by atoms with E-state index in [1.54, 1.807) is 37.5 Å². The van der Waals surface area contributed by atoms with Crippen LogP contribution in [-0.2, 0) is 4.74 Å². The molecular formula is C15H15N3O2. The fourth-order valence-electron chi connectivity index (χ4n) is 1.60. The average Bonchev–Trinajstić information content (AvgIpc) is 2.47. The van der Waals surface area contributed by atoms with Gasteiger partial charge in [0.05, 0.1) is 35.5 Å². The van der Waals surface area contributed by atoms with E-state index in [-0.39, 0.29) is 5.97 Å². The molecule has 0 aliphatic heterocycles. The van der Waals surface area contributed by atoms with Gasteiger partial charge in [0.1, 0.15) is 0 Å². The Labute approximate surface area is 117 Å². The van der Waals surface area contributed by atoms with Crippen LogP contribution in [0.2, 0.25) is 0 Å². The Bertz CT molecular complexity index is 624. The molecule has 20 heavy (non-hydrogen) atoms. The number of carbonyl (C=O) groups excluding carboxylic acids is 1. The molecular weight excluding hydrogens is 254 g/mol. The number of hydrogen-bond acceptors (Lipinski definition) is 5. The van der Waals surface area contributed by atoms with Gasteiger partial charge in [0.25, 0.3) is 0 Å². The summed E-state index contributed by atoms with van der Waals surface area (Å²) in [6.45, 7) is 2.09. The van der Waals surface area contributed by atoms with Crippen LogP contribution in [0.5, 0.6) is 0 Å². The Morgan fingerprint density at radius 2 is 2.25 bits per heavy atom. The maximum absolute atomic E-state index is 11.6. The van der Waals surface area contributed by atoms with Gasteiger partial charge in [-0.25, -0.2) is 4.79 Å². The summed E-state index contributed by atoms with van der Waals surface area (Å²) in [6, 6.07) is 10.4.